The fourth-order valence-electron chi connectivity index (χ4n) is 3.98. The molecule has 2 aliphatic heterocycles. The van der Waals surface area contributed by atoms with Gasteiger partial charge in [-0.3, -0.25) is 4.79 Å². The van der Waals surface area contributed by atoms with Crippen LogP contribution < -0.4 is 0 Å². The summed E-state index contributed by atoms with van der Waals surface area (Å²) in [5.41, 5.74) is 0. The molecule has 8 heteroatoms. The van der Waals surface area contributed by atoms with Gasteiger partial charge in [-0.1, -0.05) is 18.0 Å². The van der Waals surface area contributed by atoms with Crippen LogP contribution in [0.5, 0.6) is 0 Å². The van der Waals surface area contributed by atoms with Crippen LogP contribution in [0.2, 0.25) is 5.02 Å². The minimum atomic E-state index is -3.79. The first-order valence-electron chi connectivity index (χ1n) is 8.50. The molecule has 2 heterocycles. The molecule has 6 nitrogen and oxygen atoms in total. The van der Waals surface area contributed by atoms with Gasteiger partial charge in [-0.25, -0.2) is 8.42 Å². The molecular formula is C17H22ClNO5S. The number of nitrogens with zero attached hydrogens (tertiary/aromatic N) is 1. The molecular weight excluding hydrogens is 366 g/mol. The second-order valence-electron chi connectivity index (χ2n) is 6.52. The molecule has 0 radical (unpaired) electrons. The second kappa shape index (κ2) is 7.23. The molecule has 25 heavy (non-hydrogen) atoms. The number of halogens is 1. The van der Waals surface area contributed by atoms with E-state index in [1.54, 1.807) is 6.92 Å². The normalized spacial score (nSPS) is 30.0. The molecule has 2 saturated heterocycles. The number of rotatable bonds is 4. The number of sulfonamides is 1. The van der Waals surface area contributed by atoms with Crippen LogP contribution in [0.15, 0.2) is 29.2 Å². The van der Waals surface area contributed by atoms with Crippen molar-refractivity contribution in [3.8, 4) is 0 Å². The molecule has 1 aromatic carbocycles. The van der Waals surface area contributed by atoms with Crippen molar-refractivity contribution in [3.63, 3.8) is 0 Å². The highest BCUT2D eigenvalue weighted by atomic mass is 35.5. The monoisotopic (exact) mass is 387 g/mol. The standard InChI is InChI=1S/C17H22ClNO5S/c1-2-24-17(21)16-14-5-3-4-12(10-15(16)20)19(14)25(22,23)13-8-6-11(18)7-9-13/h6-9,12,14-16,20H,2-5,10H2,1H3. The third-order valence-corrected chi connectivity index (χ3v) is 7.26. The number of hydrogen-bond acceptors (Lipinski definition) is 5. The molecule has 0 saturated carbocycles. The first kappa shape index (κ1) is 18.6. The Morgan fingerprint density at radius 2 is 2.00 bits per heavy atom. The molecule has 4 atom stereocenters. The molecule has 2 aliphatic rings. The molecule has 0 amide bonds. The Hall–Kier alpha value is -1.15. The van der Waals surface area contributed by atoms with Crippen LogP contribution in [0.4, 0.5) is 0 Å². The van der Waals surface area contributed by atoms with E-state index in [4.69, 9.17) is 16.3 Å². The van der Waals surface area contributed by atoms with Crippen molar-refractivity contribution in [1.82, 2.24) is 4.31 Å². The number of carbonyl (C=O) groups excluding carboxylic acids is 1. The molecule has 0 aromatic heterocycles. The molecule has 4 unspecified atom stereocenters. The lowest BCUT2D eigenvalue weighted by Gasteiger charge is -2.49. The molecule has 3 rings (SSSR count). The van der Waals surface area contributed by atoms with E-state index >= 15 is 0 Å². The SMILES string of the molecule is CCOC(=O)C1C(O)CC2CCCC1N2S(=O)(=O)c1ccc(Cl)cc1. The predicted molar refractivity (Wildman–Crippen MR) is 92.7 cm³/mol. The summed E-state index contributed by atoms with van der Waals surface area (Å²) in [6.07, 6.45) is 1.39. The number of aliphatic hydroxyl groups is 1. The van der Waals surface area contributed by atoms with Gasteiger partial charge >= 0.3 is 5.97 Å². The largest absolute Gasteiger partial charge is 0.466 e. The Morgan fingerprint density at radius 3 is 2.64 bits per heavy atom. The van der Waals surface area contributed by atoms with Crippen LogP contribution in [0, 0.1) is 5.92 Å². The Kier molecular flexibility index (Phi) is 5.39. The minimum absolute atomic E-state index is 0.146. The lowest BCUT2D eigenvalue weighted by molar-refractivity contribution is -0.160. The molecule has 2 bridgehead atoms. The predicted octanol–water partition coefficient (Wildman–Crippen LogP) is 2.20. The number of benzene rings is 1. The summed E-state index contributed by atoms with van der Waals surface area (Å²) in [6, 6.07) is 5.12. The first-order chi connectivity index (χ1) is 11.9. The lowest BCUT2D eigenvalue weighted by Crippen LogP contribution is -2.62. The second-order valence-corrected chi connectivity index (χ2v) is 8.80. The number of ether oxygens (including phenoxy) is 1. The van der Waals surface area contributed by atoms with Crippen molar-refractivity contribution >= 4 is 27.6 Å². The van der Waals surface area contributed by atoms with Crippen molar-refractivity contribution in [1.29, 1.82) is 0 Å². The number of carbonyl (C=O) groups is 1. The fourth-order valence-corrected chi connectivity index (χ4v) is 6.01. The molecule has 2 fully saturated rings. The zero-order chi connectivity index (χ0) is 18.2. The molecule has 1 N–H and O–H groups in total. The Morgan fingerprint density at radius 1 is 1.32 bits per heavy atom. The highest BCUT2D eigenvalue weighted by molar-refractivity contribution is 7.89. The Labute approximate surface area is 152 Å². The topological polar surface area (TPSA) is 83.9 Å². The van der Waals surface area contributed by atoms with E-state index in [0.29, 0.717) is 17.9 Å². The van der Waals surface area contributed by atoms with Gasteiger partial charge in [0.2, 0.25) is 10.0 Å². The van der Waals surface area contributed by atoms with Gasteiger partial charge < -0.3 is 9.84 Å². The van der Waals surface area contributed by atoms with E-state index in [1.807, 2.05) is 0 Å². The van der Waals surface area contributed by atoms with E-state index in [2.05, 4.69) is 0 Å². The van der Waals surface area contributed by atoms with Crippen LogP contribution in [-0.2, 0) is 19.6 Å². The van der Waals surface area contributed by atoms with Gasteiger partial charge in [0.05, 0.1) is 23.5 Å². The van der Waals surface area contributed by atoms with Gasteiger partial charge in [-0.2, -0.15) is 4.31 Å². The van der Waals surface area contributed by atoms with Crippen molar-refractivity contribution < 1.29 is 23.1 Å². The summed E-state index contributed by atoms with van der Waals surface area (Å²) in [6.45, 7) is 1.89. The third-order valence-electron chi connectivity index (χ3n) is 5.01. The van der Waals surface area contributed by atoms with Crippen LogP contribution in [0.25, 0.3) is 0 Å². The summed E-state index contributed by atoms with van der Waals surface area (Å²) in [7, 11) is -3.79. The van der Waals surface area contributed by atoms with Crippen molar-refractivity contribution in [2.75, 3.05) is 6.61 Å². The summed E-state index contributed by atoms with van der Waals surface area (Å²) in [5, 5.41) is 10.9. The summed E-state index contributed by atoms with van der Waals surface area (Å²) in [5.74, 6) is -1.38. The van der Waals surface area contributed by atoms with E-state index in [-0.39, 0.29) is 24.0 Å². The highest BCUT2D eigenvalue weighted by Crippen LogP contribution is 2.41. The van der Waals surface area contributed by atoms with Crippen LogP contribution in [0.1, 0.15) is 32.6 Å². The summed E-state index contributed by atoms with van der Waals surface area (Å²) < 4.78 is 32.9. The fraction of sp³-hybridized carbons (Fsp3) is 0.588. The molecule has 138 valence electrons. The molecule has 1 aromatic rings. The average molecular weight is 388 g/mol. The maximum Gasteiger partial charge on any atom is 0.313 e. The summed E-state index contributed by atoms with van der Waals surface area (Å²) >= 11 is 5.86. The number of esters is 1. The van der Waals surface area contributed by atoms with E-state index in [0.717, 1.165) is 6.42 Å². The van der Waals surface area contributed by atoms with Crippen LogP contribution >= 0.6 is 11.6 Å². The average Bonchev–Trinajstić information content (AvgIpc) is 2.54. The van der Waals surface area contributed by atoms with Gasteiger partial charge in [0, 0.05) is 17.1 Å². The molecule has 0 aliphatic carbocycles. The Balaban J connectivity index is 1.99. The van der Waals surface area contributed by atoms with Gasteiger partial charge in [-0.05, 0) is 50.5 Å². The maximum atomic E-state index is 13.2. The summed E-state index contributed by atoms with van der Waals surface area (Å²) in [4.78, 5) is 12.5. The maximum absolute atomic E-state index is 13.2. The van der Waals surface area contributed by atoms with Gasteiger partial charge in [-0.15, -0.1) is 0 Å². The number of piperidine rings is 2. The van der Waals surface area contributed by atoms with Crippen molar-refractivity contribution in [3.05, 3.63) is 29.3 Å². The molecule has 0 spiro atoms. The lowest BCUT2D eigenvalue weighted by atomic mass is 9.77. The van der Waals surface area contributed by atoms with Crippen LogP contribution in [0.3, 0.4) is 0 Å². The van der Waals surface area contributed by atoms with Gasteiger partial charge in [0.1, 0.15) is 0 Å². The minimum Gasteiger partial charge on any atom is -0.466 e. The van der Waals surface area contributed by atoms with E-state index in [1.165, 1.54) is 28.6 Å². The van der Waals surface area contributed by atoms with Gasteiger partial charge in [0.15, 0.2) is 0 Å². The quantitative estimate of drug-likeness (QED) is 0.800. The van der Waals surface area contributed by atoms with Crippen molar-refractivity contribution in [2.45, 2.75) is 55.7 Å². The third kappa shape index (κ3) is 3.43. The highest BCUT2D eigenvalue weighted by Gasteiger charge is 2.52. The van der Waals surface area contributed by atoms with E-state index in [9.17, 15) is 18.3 Å². The zero-order valence-electron chi connectivity index (χ0n) is 14.0. The first-order valence-corrected chi connectivity index (χ1v) is 10.3. The van der Waals surface area contributed by atoms with Gasteiger partial charge in [0.25, 0.3) is 0 Å². The van der Waals surface area contributed by atoms with Crippen molar-refractivity contribution in [2.24, 2.45) is 5.92 Å². The zero-order valence-corrected chi connectivity index (χ0v) is 15.5. The number of fused-ring (bicyclic) bond motifs is 2. The Bertz CT molecular complexity index is 736. The number of aliphatic hydroxyl groups excluding tert-OH is 1. The van der Waals surface area contributed by atoms with E-state index < -0.39 is 34.1 Å². The smallest absolute Gasteiger partial charge is 0.313 e. The van der Waals surface area contributed by atoms with Crippen LogP contribution in [-0.4, -0.2) is 48.6 Å². The number of hydrogen-bond donors (Lipinski definition) is 1.